The molecule has 0 saturated heterocycles. The van der Waals surface area contributed by atoms with Crippen LogP contribution in [0.5, 0.6) is 0 Å². The van der Waals surface area contributed by atoms with Gasteiger partial charge in [-0.15, -0.1) is 6.58 Å². The van der Waals surface area contributed by atoms with Crippen molar-refractivity contribution < 1.29 is 4.79 Å². The van der Waals surface area contributed by atoms with Gasteiger partial charge in [-0.25, -0.2) is 0 Å². The van der Waals surface area contributed by atoms with E-state index in [0.717, 1.165) is 16.5 Å². The minimum atomic E-state index is -0.734. The van der Waals surface area contributed by atoms with E-state index in [1.165, 1.54) is 9.13 Å². The number of hydrogen-bond acceptors (Lipinski definition) is 3. The molecule has 0 radical (unpaired) electrons. The van der Waals surface area contributed by atoms with Crippen LogP contribution < -0.4 is 16.4 Å². The molecule has 0 unspecified atom stereocenters. The van der Waals surface area contributed by atoms with E-state index >= 15 is 0 Å². The minimum absolute atomic E-state index is 0.219. The van der Waals surface area contributed by atoms with Crippen LogP contribution in [-0.4, -0.2) is 26.6 Å². The molecule has 0 spiro atoms. The summed E-state index contributed by atoms with van der Waals surface area (Å²) >= 11 is 6.08. The Kier molecular flexibility index (Phi) is 5.77. The quantitative estimate of drug-likeness (QED) is 0.345. The van der Waals surface area contributed by atoms with Crippen molar-refractivity contribution in [3.8, 4) is 0 Å². The third kappa shape index (κ3) is 4.04. The predicted molar refractivity (Wildman–Crippen MR) is 123 cm³/mol. The van der Waals surface area contributed by atoms with E-state index in [9.17, 15) is 14.4 Å². The summed E-state index contributed by atoms with van der Waals surface area (Å²) in [7, 11) is 0. The monoisotopic (exact) mass is 436 g/mol. The number of nitrogens with zero attached hydrogens (tertiary/aromatic N) is 2. The van der Waals surface area contributed by atoms with Gasteiger partial charge in [-0.3, -0.25) is 23.5 Å². The van der Waals surface area contributed by atoms with Crippen molar-refractivity contribution in [2.75, 3.05) is 6.54 Å². The van der Waals surface area contributed by atoms with Crippen molar-refractivity contribution in [1.82, 2.24) is 19.4 Å². The van der Waals surface area contributed by atoms with Gasteiger partial charge in [-0.05, 0) is 42.3 Å². The highest BCUT2D eigenvalue weighted by molar-refractivity contribution is 6.31. The molecule has 4 rings (SSSR count). The second-order valence-corrected chi connectivity index (χ2v) is 7.62. The Bertz CT molecular complexity index is 1410. The lowest BCUT2D eigenvalue weighted by molar-refractivity contribution is -0.121. The van der Waals surface area contributed by atoms with E-state index in [1.807, 2.05) is 24.4 Å². The van der Waals surface area contributed by atoms with Crippen LogP contribution in [0.3, 0.4) is 0 Å². The second kappa shape index (κ2) is 8.65. The summed E-state index contributed by atoms with van der Waals surface area (Å²) in [4.78, 5) is 40.9. The number of aromatic amines is 1. The predicted octanol–water partition coefficient (Wildman–Crippen LogP) is 2.84. The van der Waals surface area contributed by atoms with Crippen LogP contribution in [0, 0.1) is 0 Å². The molecule has 4 aromatic rings. The number of benzene rings is 2. The molecule has 8 heteroatoms. The normalized spacial score (nSPS) is 11.1. The highest BCUT2D eigenvalue weighted by Crippen LogP contribution is 2.22. The van der Waals surface area contributed by atoms with E-state index in [2.05, 4.69) is 16.9 Å². The van der Waals surface area contributed by atoms with Gasteiger partial charge in [0.25, 0.3) is 0 Å². The Morgan fingerprint density at radius 1 is 1.10 bits per heavy atom. The fourth-order valence-electron chi connectivity index (χ4n) is 3.73. The van der Waals surface area contributed by atoms with Crippen LogP contribution in [-0.2, 0) is 24.3 Å². The molecule has 0 atom stereocenters. The standard InChI is InChI=1S/C23H21ClN4O3/c1-2-11-27-19-5-3-4-6-20(19)28(23(31)22(27)30)14-21(29)25-10-9-15-13-26-18-8-7-16(24)12-17(15)18/h2-8,12-13,26H,1,9-11,14H2,(H,25,29). The van der Waals surface area contributed by atoms with Crippen LogP contribution >= 0.6 is 11.6 Å². The number of hydrogen-bond donors (Lipinski definition) is 2. The number of nitrogens with one attached hydrogen (secondary N) is 2. The molecule has 7 nitrogen and oxygen atoms in total. The SMILES string of the molecule is C=CCn1c(=O)c(=O)n(CC(=O)NCCc2c[nH]c3ccc(Cl)cc23)c2ccccc21. The van der Waals surface area contributed by atoms with E-state index < -0.39 is 11.1 Å². The van der Waals surface area contributed by atoms with Gasteiger partial charge < -0.3 is 10.3 Å². The van der Waals surface area contributed by atoms with Gasteiger partial charge in [0, 0.05) is 35.2 Å². The van der Waals surface area contributed by atoms with Crippen molar-refractivity contribution in [2.45, 2.75) is 19.5 Å². The summed E-state index contributed by atoms with van der Waals surface area (Å²) in [5.41, 5.74) is 1.70. The first-order valence-corrected chi connectivity index (χ1v) is 10.2. The van der Waals surface area contributed by atoms with E-state index in [4.69, 9.17) is 11.6 Å². The summed E-state index contributed by atoms with van der Waals surface area (Å²) < 4.78 is 2.58. The number of fused-ring (bicyclic) bond motifs is 2. The maximum Gasteiger partial charge on any atom is 0.317 e. The Balaban J connectivity index is 1.52. The average Bonchev–Trinajstić information content (AvgIpc) is 3.16. The van der Waals surface area contributed by atoms with Crippen LogP contribution in [0.25, 0.3) is 21.9 Å². The maximum absolute atomic E-state index is 12.7. The molecule has 0 aliphatic carbocycles. The number of allylic oxidation sites excluding steroid dienone is 1. The highest BCUT2D eigenvalue weighted by atomic mass is 35.5. The Morgan fingerprint density at radius 2 is 1.81 bits per heavy atom. The van der Waals surface area contributed by atoms with Gasteiger partial charge in [0.15, 0.2) is 0 Å². The highest BCUT2D eigenvalue weighted by Gasteiger charge is 2.14. The van der Waals surface area contributed by atoms with Crippen molar-refractivity contribution in [2.24, 2.45) is 0 Å². The van der Waals surface area contributed by atoms with Gasteiger partial charge in [-0.2, -0.15) is 0 Å². The lowest BCUT2D eigenvalue weighted by Crippen LogP contribution is -2.44. The zero-order valence-electron chi connectivity index (χ0n) is 16.7. The Labute approximate surface area is 182 Å². The van der Waals surface area contributed by atoms with Crippen LogP contribution in [0.15, 0.2) is 70.9 Å². The lowest BCUT2D eigenvalue weighted by atomic mass is 10.1. The van der Waals surface area contributed by atoms with Gasteiger partial charge in [0.2, 0.25) is 5.91 Å². The number of carbonyl (C=O) groups excluding carboxylic acids is 1. The van der Waals surface area contributed by atoms with Crippen LogP contribution in [0.1, 0.15) is 5.56 Å². The third-order valence-electron chi connectivity index (χ3n) is 5.20. The lowest BCUT2D eigenvalue weighted by Gasteiger charge is -2.14. The molecule has 0 aliphatic heterocycles. The maximum atomic E-state index is 12.7. The zero-order chi connectivity index (χ0) is 22.0. The third-order valence-corrected chi connectivity index (χ3v) is 5.43. The molecule has 1 amide bonds. The second-order valence-electron chi connectivity index (χ2n) is 7.19. The topological polar surface area (TPSA) is 88.9 Å². The number of H-pyrrole nitrogens is 1. The molecule has 158 valence electrons. The number of para-hydroxylation sites is 2. The van der Waals surface area contributed by atoms with Crippen molar-refractivity contribution in [1.29, 1.82) is 0 Å². The van der Waals surface area contributed by atoms with Gasteiger partial charge in [-0.1, -0.05) is 29.8 Å². The van der Waals surface area contributed by atoms with Gasteiger partial charge in [0.05, 0.1) is 11.0 Å². The molecule has 0 aliphatic rings. The minimum Gasteiger partial charge on any atom is -0.361 e. The summed E-state index contributed by atoms with van der Waals surface area (Å²) in [5.74, 6) is -0.342. The van der Waals surface area contributed by atoms with E-state index in [-0.39, 0.29) is 19.0 Å². The van der Waals surface area contributed by atoms with Crippen molar-refractivity contribution in [3.63, 3.8) is 0 Å². The molecule has 2 heterocycles. The molecule has 0 bridgehead atoms. The van der Waals surface area contributed by atoms with E-state index in [1.54, 1.807) is 30.3 Å². The zero-order valence-corrected chi connectivity index (χ0v) is 17.5. The summed E-state index contributed by atoms with van der Waals surface area (Å²) in [6.07, 6.45) is 4.05. The van der Waals surface area contributed by atoms with Crippen LogP contribution in [0.2, 0.25) is 5.02 Å². The van der Waals surface area contributed by atoms with Gasteiger partial charge >= 0.3 is 11.1 Å². The van der Waals surface area contributed by atoms with Crippen molar-refractivity contribution >= 4 is 39.4 Å². The smallest absolute Gasteiger partial charge is 0.317 e. The molecular formula is C23H21ClN4O3. The first kappa shape index (κ1) is 20.7. The largest absolute Gasteiger partial charge is 0.361 e. The van der Waals surface area contributed by atoms with E-state index in [0.29, 0.717) is 29.0 Å². The van der Waals surface area contributed by atoms with Crippen LogP contribution in [0.4, 0.5) is 0 Å². The molecule has 2 aromatic heterocycles. The number of rotatable bonds is 7. The summed E-state index contributed by atoms with van der Waals surface area (Å²) in [5, 5.41) is 4.49. The summed E-state index contributed by atoms with van der Waals surface area (Å²) in [6, 6.07) is 12.6. The number of aromatic nitrogens is 3. The fraction of sp³-hybridized carbons (Fsp3) is 0.174. The molecule has 0 fully saturated rings. The molecule has 0 saturated carbocycles. The first-order chi connectivity index (χ1) is 15.0. The molecule has 31 heavy (non-hydrogen) atoms. The average molecular weight is 437 g/mol. The first-order valence-electron chi connectivity index (χ1n) is 9.85. The summed E-state index contributed by atoms with van der Waals surface area (Å²) in [6.45, 7) is 4.01. The number of halogens is 1. The molecule has 2 N–H and O–H groups in total. The Hall–Kier alpha value is -3.58. The fourth-order valence-corrected chi connectivity index (χ4v) is 3.90. The number of carbonyl (C=O) groups is 1. The molecule has 2 aromatic carbocycles. The number of amides is 1. The Morgan fingerprint density at radius 3 is 2.55 bits per heavy atom. The van der Waals surface area contributed by atoms with Gasteiger partial charge in [0.1, 0.15) is 6.54 Å². The molecular weight excluding hydrogens is 416 g/mol. The van der Waals surface area contributed by atoms with Crippen molar-refractivity contribution in [3.05, 3.63) is 92.6 Å².